The maximum Gasteiger partial charge on any atom is 0.328 e. The average molecular weight is 315 g/mol. The first-order valence-corrected chi connectivity index (χ1v) is 8.67. The van der Waals surface area contributed by atoms with Gasteiger partial charge in [-0.2, -0.15) is 11.8 Å². The van der Waals surface area contributed by atoms with Crippen molar-refractivity contribution >= 4 is 33.8 Å². The summed E-state index contributed by atoms with van der Waals surface area (Å²) in [5, 5.41) is 8.57. The van der Waals surface area contributed by atoms with Crippen LogP contribution in [0, 0.1) is 0 Å². The molecule has 0 aromatic heterocycles. The first-order chi connectivity index (χ1) is 9.37. The van der Waals surface area contributed by atoms with Crippen LogP contribution in [-0.4, -0.2) is 49.4 Å². The Balaban J connectivity index is 3.01. The maximum atomic E-state index is 12.3. The SMILES string of the molecule is CSCCN(C)S(=O)(=O)c1cccc(/C=C/C(=O)O)c1. The van der Waals surface area contributed by atoms with Crippen molar-refractivity contribution in [3.8, 4) is 0 Å². The fraction of sp³-hybridized carbons (Fsp3) is 0.308. The van der Waals surface area contributed by atoms with E-state index in [0.29, 0.717) is 17.9 Å². The molecule has 1 aromatic rings. The van der Waals surface area contributed by atoms with Gasteiger partial charge in [-0.25, -0.2) is 17.5 Å². The molecule has 0 spiro atoms. The minimum absolute atomic E-state index is 0.161. The van der Waals surface area contributed by atoms with Crippen LogP contribution in [0.5, 0.6) is 0 Å². The van der Waals surface area contributed by atoms with Crippen molar-refractivity contribution in [1.29, 1.82) is 0 Å². The second-order valence-electron chi connectivity index (χ2n) is 4.06. The number of hydrogen-bond acceptors (Lipinski definition) is 4. The Morgan fingerprint density at radius 2 is 2.15 bits per heavy atom. The summed E-state index contributed by atoms with van der Waals surface area (Å²) in [7, 11) is -2.00. The molecule has 0 amide bonds. The molecule has 0 atom stereocenters. The van der Waals surface area contributed by atoms with Crippen LogP contribution < -0.4 is 0 Å². The maximum absolute atomic E-state index is 12.3. The molecule has 0 bridgehead atoms. The minimum Gasteiger partial charge on any atom is -0.478 e. The first-order valence-electron chi connectivity index (χ1n) is 5.84. The topological polar surface area (TPSA) is 74.7 Å². The molecule has 0 aliphatic heterocycles. The van der Waals surface area contributed by atoms with Gasteiger partial charge in [-0.15, -0.1) is 0 Å². The predicted octanol–water partition coefficient (Wildman–Crippen LogP) is 1.77. The van der Waals surface area contributed by atoms with Gasteiger partial charge in [-0.05, 0) is 30.0 Å². The normalized spacial score (nSPS) is 12.2. The zero-order valence-corrected chi connectivity index (χ0v) is 12.9. The third-order valence-corrected chi connectivity index (χ3v) is 5.04. The highest BCUT2D eigenvalue weighted by Gasteiger charge is 2.20. The van der Waals surface area contributed by atoms with Crippen LogP contribution in [0.1, 0.15) is 5.56 Å². The highest BCUT2D eigenvalue weighted by Crippen LogP contribution is 2.17. The second kappa shape index (κ2) is 7.47. The van der Waals surface area contributed by atoms with Crippen LogP contribution in [0.2, 0.25) is 0 Å². The first kappa shape index (κ1) is 16.7. The number of nitrogens with zero attached hydrogens (tertiary/aromatic N) is 1. The van der Waals surface area contributed by atoms with E-state index < -0.39 is 16.0 Å². The van der Waals surface area contributed by atoms with Crippen molar-refractivity contribution in [2.24, 2.45) is 0 Å². The van der Waals surface area contributed by atoms with Gasteiger partial charge < -0.3 is 5.11 Å². The molecule has 0 heterocycles. The molecule has 0 aliphatic rings. The molecular weight excluding hydrogens is 298 g/mol. The minimum atomic E-state index is -3.53. The van der Waals surface area contributed by atoms with Crippen LogP contribution in [0.15, 0.2) is 35.2 Å². The summed E-state index contributed by atoms with van der Waals surface area (Å²) in [5.41, 5.74) is 0.534. The third kappa shape index (κ3) is 4.66. The lowest BCUT2D eigenvalue weighted by atomic mass is 10.2. The molecule has 20 heavy (non-hydrogen) atoms. The third-order valence-electron chi connectivity index (χ3n) is 2.59. The fourth-order valence-electron chi connectivity index (χ4n) is 1.47. The molecule has 0 aliphatic carbocycles. The van der Waals surface area contributed by atoms with Crippen molar-refractivity contribution in [2.45, 2.75) is 4.90 Å². The zero-order valence-electron chi connectivity index (χ0n) is 11.3. The molecule has 110 valence electrons. The molecule has 0 saturated heterocycles. The summed E-state index contributed by atoms with van der Waals surface area (Å²) in [4.78, 5) is 10.6. The molecular formula is C13H17NO4S2. The van der Waals surface area contributed by atoms with Crippen LogP contribution >= 0.6 is 11.8 Å². The van der Waals surface area contributed by atoms with Crippen molar-refractivity contribution in [1.82, 2.24) is 4.31 Å². The van der Waals surface area contributed by atoms with E-state index in [0.717, 1.165) is 6.08 Å². The number of carboxylic acids is 1. The quantitative estimate of drug-likeness (QED) is 0.776. The van der Waals surface area contributed by atoms with E-state index in [1.54, 1.807) is 23.9 Å². The number of thioether (sulfide) groups is 1. The number of carboxylic acid groups (broad SMARTS) is 1. The lowest BCUT2D eigenvalue weighted by Crippen LogP contribution is -2.29. The second-order valence-corrected chi connectivity index (χ2v) is 7.09. The van der Waals surface area contributed by atoms with E-state index in [9.17, 15) is 13.2 Å². The summed E-state index contributed by atoms with van der Waals surface area (Å²) in [6.07, 6.45) is 4.25. The van der Waals surface area contributed by atoms with Crippen LogP contribution in [-0.2, 0) is 14.8 Å². The zero-order chi connectivity index (χ0) is 15.2. The van der Waals surface area contributed by atoms with E-state index in [1.807, 2.05) is 6.26 Å². The lowest BCUT2D eigenvalue weighted by Gasteiger charge is -2.16. The van der Waals surface area contributed by atoms with Crippen molar-refractivity contribution in [3.63, 3.8) is 0 Å². The monoisotopic (exact) mass is 315 g/mol. The number of carbonyl (C=O) groups is 1. The number of rotatable bonds is 7. The molecule has 1 rings (SSSR count). The molecule has 7 heteroatoms. The Bertz CT molecular complexity index is 596. The molecule has 1 N–H and O–H groups in total. The molecule has 5 nitrogen and oxygen atoms in total. The summed E-state index contributed by atoms with van der Waals surface area (Å²) in [6, 6.07) is 6.21. The summed E-state index contributed by atoms with van der Waals surface area (Å²) < 4.78 is 25.9. The van der Waals surface area contributed by atoms with Gasteiger partial charge in [0.25, 0.3) is 0 Å². The Morgan fingerprint density at radius 3 is 2.75 bits per heavy atom. The number of aliphatic carboxylic acids is 1. The van der Waals surface area contributed by atoms with Gasteiger partial charge in [0.1, 0.15) is 0 Å². The van der Waals surface area contributed by atoms with Gasteiger partial charge >= 0.3 is 5.97 Å². The van der Waals surface area contributed by atoms with Gasteiger partial charge in [0.2, 0.25) is 10.0 Å². The molecule has 0 radical (unpaired) electrons. The van der Waals surface area contributed by atoms with E-state index in [2.05, 4.69) is 0 Å². The summed E-state index contributed by atoms with van der Waals surface area (Å²) in [6.45, 7) is 0.429. The Kier molecular flexibility index (Phi) is 6.25. The molecule has 0 unspecified atom stereocenters. The molecule has 0 fully saturated rings. The number of sulfonamides is 1. The smallest absolute Gasteiger partial charge is 0.328 e. The predicted molar refractivity (Wildman–Crippen MR) is 81.3 cm³/mol. The fourth-order valence-corrected chi connectivity index (χ4v) is 3.27. The largest absolute Gasteiger partial charge is 0.478 e. The highest BCUT2D eigenvalue weighted by molar-refractivity contribution is 7.98. The van der Waals surface area contributed by atoms with Gasteiger partial charge in [0.05, 0.1) is 4.90 Å². The van der Waals surface area contributed by atoms with E-state index >= 15 is 0 Å². The molecule has 1 aromatic carbocycles. The Morgan fingerprint density at radius 1 is 1.45 bits per heavy atom. The summed E-state index contributed by atoms with van der Waals surface area (Å²) >= 11 is 1.57. The number of hydrogen-bond donors (Lipinski definition) is 1. The Hall–Kier alpha value is -1.31. The van der Waals surface area contributed by atoms with E-state index in [1.165, 1.54) is 29.6 Å². The van der Waals surface area contributed by atoms with Crippen LogP contribution in [0.4, 0.5) is 0 Å². The Labute approximate surface area is 123 Å². The highest BCUT2D eigenvalue weighted by atomic mass is 32.2. The van der Waals surface area contributed by atoms with Crippen molar-refractivity contribution in [3.05, 3.63) is 35.9 Å². The molecule has 0 saturated carbocycles. The van der Waals surface area contributed by atoms with E-state index in [4.69, 9.17) is 5.11 Å². The van der Waals surface area contributed by atoms with Crippen molar-refractivity contribution < 1.29 is 18.3 Å². The summed E-state index contributed by atoms with van der Waals surface area (Å²) in [5.74, 6) is -0.357. The lowest BCUT2D eigenvalue weighted by molar-refractivity contribution is -0.131. The van der Waals surface area contributed by atoms with Crippen LogP contribution in [0.3, 0.4) is 0 Å². The van der Waals surface area contributed by atoms with Gasteiger partial charge in [0.15, 0.2) is 0 Å². The number of benzene rings is 1. The van der Waals surface area contributed by atoms with Gasteiger partial charge in [0, 0.05) is 25.4 Å². The average Bonchev–Trinajstić information content (AvgIpc) is 2.42. The van der Waals surface area contributed by atoms with Crippen molar-refractivity contribution in [2.75, 3.05) is 25.6 Å². The van der Waals surface area contributed by atoms with E-state index in [-0.39, 0.29) is 4.90 Å². The van der Waals surface area contributed by atoms with Gasteiger partial charge in [-0.3, -0.25) is 0 Å². The van der Waals surface area contributed by atoms with Gasteiger partial charge in [-0.1, -0.05) is 12.1 Å². The van der Waals surface area contributed by atoms with Crippen LogP contribution in [0.25, 0.3) is 6.08 Å². The standard InChI is InChI=1S/C13H17NO4S2/c1-14(8-9-19-2)20(17,18)12-5-3-4-11(10-12)6-7-13(15)16/h3-7,10H,8-9H2,1-2H3,(H,15,16)/b7-6+.